The summed E-state index contributed by atoms with van der Waals surface area (Å²) in [5.74, 6) is 0.466. The molecule has 0 aliphatic rings. The molecule has 218 valence electrons. The first-order chi connectivity index (χ1) is 18.7. The van der Waals surface area contributed by atoms with Crippen LogP contribution in [0.2, 0.25) is 23.2 Å². The predicted molar refractivity (Wildman–Crippen MR) is 177 cm³/mol. The predicted octanol–water partition coefficient (Wildman–Crippen LogP) is 7.85. The van der Waals surface area contributed by atoms with Crippen molar-refractivity contribution in [3.8, 4) is 0 Å². The van der Waals surface area contributed by atoms with Gasteiger partial charge in [-0.1, -0.05) is 120 Å². The standard InChI is InChI=1S/C34H50O3SSi2/c1-28-22-24-30(25-23-28)38(35)27-29(17-16-26-36-39(8,9)33(2,3)4)37-40(34(5,6)7,31-18-12-10-13-19-31)32-20-14-11-15-21-32/h10-15,18-25,29H,16-17,26-27H2,1-9H3/t29-,38?/m0/s1. The highest BCUT2D eigenvalue weighted by Gasteiger charge is 2.51. The lowest BCUT2D eigenvalue weighted by atomic mass is 10.2. The molecular weight excluding hydrogens is 545 g/mol. The van der Waals surface area contributed by atoms with Crippen molar-refractivity contribution < 1.29 is 13.1 Å². The van der Waals surface area contributed by atoms with Crippen molar-refractivity contribution in [2.75, 3.05) is 12.4 Å². The molecule has 6 heteroatoms. The summed E-state index contributed by atoms with van der Waals surface area (Å²) < 4.78 is 27.7. The first kappa shape index (κ1) is 32.7. The fourth-order valence-electron chi connectivity index (χ4n) is 4.93. The Morgan fingerprint density at radius 3 is 1.70 bits per heavy atom. The van der Waals surface area contributed by atoms with Crippen LogP contribution >= 0.6 is 0 Å². The molecule has 0 N–H and O–H groups in total. The molecule has 0 bridgehead atoms. The summed E-state index contributed by atoms with van der Waals surface area (Å²) >= 11 is 0. The third-order valence-electron chi connectivity index (χ3n) is 8.32. The smallest absolute Gasteiger partial charge is 0.261 e. The Morgan fingerprint density at radius 1 is 0.750 bits per heavy atom. The largest absolute Gasteiger partial charge is 0.417 e. The summed E-state index contributed by atoms with van der Waals surface area (Å²) in [5.41, 5.74) is 1.17. The Labute approximate surface area is 248 Å². The van der Waals surface area contributed by atoms with E-state index in [0.717, 1.165) is 17.7 Å². The molecule has 40 heavy (non-hydrogen) atoms. The van der Waals surface area contributed by atoms with Crippen molar-refractivity contribution in [2.45, 2.75) is 95.5 Å². The van der Waals surface area contributed by atoms with Crippen LogP contribution < -0.4 is 10.4 Å². The Morgan fingerprint density at radius 2 is 1.25 bits per heavy atom. The van der Waals surface area contributed by atoms with Gasteiger partial charge in [-0.05, 0) is 65.4 Å². The van der Waals surface area contributed by atoms with Gasteiger partial charge in [-0.25, -0.2) is 0 Å². The Bertz CT molecular complexity index is 1170. The van der Waals surface area contributed by atoms with Crippen LogP contribution in [0.4, 0.5) is 0 Å². The molecule has 0 aromatic heterocycles. The molecule has 0 saturated carbocycles. The van der Waals surface area contributed by atoms with E-state index in [0.29, 0.717) is 12.4 Å². The van der Waals surface area contributed by atoms with Gasteiger partial charge in [0.25, 0.3) is 8.32 Å². The van der Waals surface area contributed by atoms with Crippen LogP contribution in [-0.4, -0.2) is 39.3 Å². The maximum atomic E-state index is 13.7. The normalized spacial score (nSPS) is 14.6. The van der Waals surface area contributed by atoms with Crippen LogP contribution in [-0.2, 0) is 19.7 Å². The molecule has 3 aromatic rings. The van der Waals surface area contributed by atoms with Gasteiger partial charge in [-0.15, -0.1) is 0 Å². The molecule has 0 spiro atoms. The zero-order chi connectivity index (χ0) is 29.6. The zero-order valence-electron chi connectivity index (χ0n) is 26.1. The highest BCUT2D eigenvalue weighted by Crippen LogP contribution is 2.39. The molecule has 0 aliphatic carbocycles. The van der Waals surface area contributed by atoms with E-state index in [1.165, 1.54) is 15.9 Å². The molecule has 0 aliphatic heterocycles. The summed E-state index contributed by atoms with van der Waals surface area (Å²) in [5, 5.41) is 2.52. The molecule has 1 unspecified atom stereocenters. The van der Waals surface area contributed by atoms with Crippen LogP contribution in [0.3, 0.4) is 0 Å². The average molecular weight is 595 g/mol. The summed E-state index contributed by atoms with van der Waals surface area (Å²) in [6, 6.07) is 29.5. The van der Waals surface area contributed by atoms with E-state index in [2.05, 4.69) is 122 Å². The Kier molecular flexibility index (Phi) is 11.0. The summed E-state index contributed by atoms with van der Waals surface area (Å²) in [6.45, 7) is 21.1. The van der Waals surface area contributed by atoms with E-state index >= 15 is 0 Å². The summed E-state index contributed by atoms with van der Waals surface area (Å²) in [7, 11) is -5.79. The van der Waals surface area contributed by atoms with Crippen molar-refractivity contribution >= 4 is 37.8 Å². The summed E-state index contributed by atoms with van der Waals surface area (Å²) in [4.78, 5) is 0.860. The molecule has 3 aromatic carbocycles. The van der Waals surface area contributed by atoms with Gasteiger partial charge in [0.2, 0.25) is 0 Å². The van der Waals surface area contributed by atoms with Crippen LogP contribution in [0.1, 0.15) is 59.9 Å². The van der Waals surface area contributed by atoms with E-state index in [-0.39, 0.29) is 16.2 Å². The van der Waals surface area contributed by atoms with E-state index in [1.807, 2.05) is 24.3 Å². The van der Waals surface area contributed by atoms with Gasteiger partial charge < -0.3 is 8.85 Å². The summed E-state index contributed by atoms with van der Waals surface area (Å²) in [6.07, 6.45) is 1.51. The SMILES string of the molecule is Cc1ccc(S(=O)C[C@H](CCCO[Si](C)(C)C(C)(C)C)O[Si](c2ccccc2)(c2ccccc2)C(C)(C)C)cc1. The van der Waals surface area contributed by atoms with E-state index in [4.69, 9.17) is 8.85 Å². The lowest BCUT2D eigenvalue weighted by Gasteiger charge is -2.45. The Hall–Kier alpha value is -1.84. The molecule has 0 heterocycles. The van der Waals surface area contributed by atoms with Crippen LogP contribution in [0.5, 0.6) is 0 Å². The third kappa shape index (κ3) is 7.91. The molecule has 0 radical (unpaired) electrons. The van der Waals surface area contributed by atoms with Gasteiger partial charge in [-0.3, -0.25) is 4.21 Å². The van der Waals surface area contributed by atoms with Crippen molar-refractivity contribution in [3.05, 3.63) is 90.5 Å². The lowest BCUT2D eigenvalue weighted by molar-refractivity contribution is 0.181. The molecule has 3 nitrogen and oxygen atoms in total. The van der Waals surface area contributed by atoms with E-state index in [1.54, 1.807) is 0 Å². The van der Waals surface area contributed by atoms with E-state index in [9.17, 15) is 4.21 Å². The maximum Gasteiger partial charge on any atom is 0.261 e. The molecular formula is C34H50O3SSi2. The monoisotopic (exact) mass is 594 g/mol. The van der Waals surface area contributed by atoms with Crippen molar-refractivity contribution in [2.24, 2.45) is 0 Å². The number of aryl methyl sites for hydroxylation is 1. The van der Waals surface area contributed by atoms with Gasteiger partial charge in [0.1, 0.15) is 0 Å². The third-order valence-corrected chi connectivity index (χ3v) is 19.4. The Balaban J connectivity index is 1.99. The molecule has 0 saturated heterocycles. The highest BCUT2D eigenvalue weighted by molar-refractivity contribution is 7.85. The zero-order valence-corrected chi connectivity index (χ0v) is 28.9. The highest BCUT2D eigenvalue weighted by atomic mass is 32.2. The fraction of sp³-hybridized carbons (Fsp3) is 0.471. The maximum absolute atomic E-state index is 13.7. The second-order valence-electron chi connectivity index (χ2n) is 13.5. The molecule has 0 amide bonds. The van der Waals surface area contributed by atoms with Crippen LogP contribution in [0, 0.1) is 6.92 Å². The minimum absolute atomic E-state index is 0.142. The van der Waals surface area contributed by atoms with Crippen molar-refractivity contribution in [3.63, 3.8) is 0 Å². The first-order valence-corrected chi connectivity index (χ1v) is 20.7. The number of rotatable bonds is 12. The van der Waals surface area contributed by atoms with Crippen LogP contribution in [0.25, 0.3) is 0 Å². The van der Waals surface area contributed by atoms with Crippen LogP contribution in [0.15, 0.2) is 89.8 Å². The van der Waals surface area contributed by atoms with E-state index < -0.39 is 27.4 Å². The molecule has 3 rings (SSSR count). The van der Waals surface area contributed by atoms with Gasteiger partial charge in [0.15, 0.2) is 8.32 Å². The molecule has 2 atom stereocenters. The van der Waals surface area contributed by atoms with Gasteiger partial charge in [0.05, 0.1) is 22.7 Å². The minimum Gasteiger partial charge on any atom is -0.417 e. The van der Waals surface area contributed by atoms with Gasteiger partial charge in [-0.2, -0.15) is 0 Å². The molecule has 0 fully saturated rings. The number of hydrogen-bond acceptors (Lipinski definition) is 3. The topological polar surface area (TPSA) is 35.5 Å². The quantitative estimate of drug-likeness (QED) is 0.158. The van der Waals surface area contributed by atoms with Crippen molar-refractivity contribution in [1.29, 1.82) is 0 Å². The average Bonchev–Trinajstić information content (AvgIpc) is 2.89. The fourth-order valence-corrected chi connectivity index (χ4v) is 12.1. The second kappa shape index (κ2) is 13.4. The van der Waals surface area contributed by atoms with Gasteiger partial charge >= 0.3 is 0 Å². The van der Waals surface area contributed by atoms with Gasteiger partial charge in [0, 0.05) is 11.5 Å². The second-order valence-corrected chi connectivity index (χ2v) is 24.0. The number of benzene rings is 3. The lowest BCUT2D eigenvalue weighted by Crippen LogP contribution is -2.68. The van der Waals surface area contributed by atoms with Crippen molar-refractivity contribution in [1.82, 2.24) is 0 Å². The minimum atomic E-state index is -2.78. The number of hydrogen-bond donors (Lipinski definition) is 0. The first-order valence-electron chi connectivity index (χ1n) is 14.6.